The SMILES string of the molecule is OCC1CCN(c2nc(Cl)nc(N3CCCCC3)n2)CC1. The van der Waals surface area contributed by atoms with Crippen LogP contribution in [0, 0.1) is 5.92 Å². The molecule has 0 amide bonds. The van der Waals surface area contributed by atoms with Crippen LogP contribution in [0.2, 0.25) is 5.28 Å². The van der Waals surface area contributed by atoms with Crippen LogP contribution in [0.4, 0.5) is 11.9 Å². The highest BCUT2D eigenvalue weighted by molar-refractivity contribution is 6.28. The minimum atomic E-state index is 0.268. The molecule has 2 fully saturated rings. The Kier molecular flexibility index (Phi) is 4.75. The summed E-state index contributed by atoms with van der Waals surface area (Å²) in [5.41, 5.74) is 0. The summed E-state index contributed by atoms with van der Waals surface area (Å²) in [5.74, 6) is 1.78. The second-order valence-corrected chi connectivity index (χ2v) is 6.20. The zero-order valence-corrected chi connectivity index (χ0v) is 13.0. The van der Waals surface area contributed by atoms with E-state index in [1.807, 2.05) is 0 Å². The standard InChI is InChI=1S/C14H22ClN5O/c15-12-16-13(19-6-2-1-3-7-19)18-14(17-12)20-8-4-11(10-21)5-9-20/h11,21H,1-10H2. The number of halogens is 1. The number of rotatable bonds is 3. The molecule has 2 saturated heterocycles. The minimum Gasteiger partial charge on any atom is -0.396 e. The lowest BCUT2D eigenvalue weighted by Gasteiger charge is -2.32. The van der Waals surface area contributed by atoms with Crippen LogP contribution >= 0.6 is 11.6 Å². The highest BCUT2D eigenvalue weighted by atomic mass is 35.5. The maximum Gasteiger partial charge on any atom is 0.231 e. The number of hydrogen-bond donors (Lipinski definition) is 1. The third kappa shape index (κ3) is 3.55. The van der Waals surface area contributed by atoms with Gasteiger partial charge in [-0.15, -0.1) is 0 Å². The number of aromatic nitrogens is 3. The summed E-state index contributed by atoms with van der Waals surface area (Å²) >= 11 is 6.09. The average Bonchev–Trinajstić information content (AvgIpc) is 2.55. The molecule has 0 saturated carbocycles. The molecule has 2 aliphatic rings. The summed E-state index contributed by atoms with van der Waals surface area (Å²) in [7, 11) is 0. The summed E-state index contributed by atoms with van der Waals surface area (Å²) in [6.45, 7) is 3.99. The van der Waals surface area contributed by atoms with E-state index in [2.05, 4.69) is 24.8 Å². The van der Waals surface area contributed by atoms with E-state index in [1.54, 1.807) is 0 Å². The Bertz CT molecular complexity index is 472. The molecular formula is C14H22ClN5O. The van der Waals surface area contributed by atoms with E-state index < -0.39 is 0 Å². The van der Waals surface area contributed by atoms with Gasteiger partial charge in [-0.3, -0.25) is 0 Å². The van der Waals surface area contributed by atoms with Crippen LogP contribution in [0.15, 0.2) is 0 Å². The summed E-state index contributed by atoms with van der Waals surface area (Å²) in [4.78, 5) is 17.5. The lowest BCUT2D eigenvalue weighted by Crippen LogP contribution is -2.37. The van der Waals surface area contributed by atoms with Crippen LogP contribution in [-0.4, -0.2) is 52.8 Å². The summed E-state index contributed by atoms with van der Waals surface area (Å²) < 4.78 is 0. The van der Waals surface area contributed by atoms with Crippen LogP contribution in [0.25, 0.3) is 0 Å². The average molecular weight is 312 g/mol. The topological polar surface area (TPSA) is 65.4 Å². The van der Waals surface area contributed by atoms with E-state index in [1.165, 1.54) is 19.3 Å². The van der Waals surface area contributed by atoms with E-state index in [9.17, 15) is 5.11 Å². The van der Waals surface area contributed by atoms with Crippen molar-refractivity contribution in [2.45, 2.75) is 32.1 Å². The molecule has 7 heteroatoms. The van der Waals surface area contributed by atoms with E-state index in [-0.39, 0.29) is 11.9 Å². The van der Waals surface area contributed by atoms with Crippen molar-refractivity contribution < 1.29 is 5.11 Å². The Morgan fingerprint density at radius 1 is 0.905 bits per heavy atom. The maximum absolute atomic E-state index is 9.22. The molecule has 21 heavy (non-hydrogen) atoms. The normalized spacial score (nSPS) is 20.9. The Morgan fingerprint density at radius 2 is 1.48 bits per heavy atom. The lowest BCUT2D eigenvalue weighted by atomic mass is 9.98. The highest BCUT2D eigenvalue weighted by Crippen LogP contribution is 2.24. The van der Waals surface area contributed by atoms with Crippen LogP contribution in [0.5, 0.6) is 0 Å². The minimum absolute atomic E-state index is 0.268. The Labute approximate surface area is 130 Å². The Hall–Kier alpha value is -1.14. The fourth-order valence-corrected chi connectivity index (χ4v) is 3.17. The zero-order chi connectivity index (χ0) is 14.7. The third-order valence-electron chi connectivity index (χ3n) is 4.38. The molecule has 3 heterocycles. The molecule has 116 valence electrons. The van der Waals surface area contributed by atoms with E-state index >= 15 is 0 Å². The van der Waals surface area contributed by atoms with Crippen LogP contribution in [-0.2, 0) is 0 Å². The Morgan fingerprint density at radius 3 is 2.05 bits per heavy atom. The number of aliphatic hydroxyl groups is 1. The Balaban J connectivity index is 1.74. The fourth-order valence-electron chi connectivity index (χ4n) is 3.02. The first kappa shape index (κ1) is 14.8. The van der Waals surface area contributed by atoms with Gasteiger partial charge < -0.3 is 14.9 Å². The number of piperidine rings is 2. The molecule has 3 rings (SSSR count). The second-order valence-electron chi connectivity index (χ2n) is 5.87. The highest BCUT2D eigenvalue weighted by Gasteiger charge is 2.23. The number of anilines is 2. The van der Waals surface area contributed by atoms with E-state index in [4.69, 9.17) is 11.6 Å². The predicted octanol–water partition coefficient (Wildman–Crippen LogP) is 1.72. The van der Waals surface area contributed by atoms with Gasteiger partial charge in [-0.2, -0.15) is 15.0 Å². The summed E-state index contributed by atoms with van der Waals surface area (Å²) in [6.07, 6.45) is 5.58. The van der Waals surface area contributed by atoms with Crippen LogP contribution < -0.4 is 9.80 Å². The van der Waals surface area contributed by atoms with Crippen molar-refractivity contribution >= 4 is 23.5 Å². The third-order valence-corrected chi connectivity index (χ3v) is 4.55. The van der Waals surface area contributed by atoms with E-state index in [0.717, 1.165) is 39.0 Å². The van der Waals surface area contributed by atoms with E-state index in [0.29, 0.717) is 17.8 Å². The number of nitrogens with zero attached hydrogens (tertiary/aromatic N) is 5. The van der Waals surface area contributed by atoms with Crippen molar-refractivity contribution in [1.82, 2.24) is 15.0 Å². The fraction of sp³-hybridized carbons (Fsp3) is 0.786. The van der Waals surface area contributed by atoms with Gasteiger partial charge in [-0.05, 0) is 49.6 Å². The molecule has 1 N–H and O–H groups in total. The summed E-state index contributed by atoms with van der Waals surface area (Å²) in [5, 5.41) is 9.49. The molecule has 0 atom stereocenters. The zero-order valence-electron chi connectivity index (χ0n) is 12.2. The predicted molar refractivity (Wildman–Crippen MR) is 82.9 cm³/mol. The van der Waals surface area contributed by atoms with Gasteiger partial charge in [0.25, 0.3) is 0 Å². The second kappa shape index (κ2) is 6.75. The van der Waals surface area contributed by atoms with Crippen molar-refractivity contribution in [3.63, 3.8) is 0 Å². The van der Waals surface area contributed by atoms with Crippen molar-refractivity contribution in [3.05, 3.63) is 5.28 Å². The van der Waals surface area contributed by atoms with Gasteiger partial charge in [-0.25, -0.2) is 0 Å². The van der Waals surface area contributed by atoms with Gasteiger partial charge in [0.15, 0.2) is 0 Å². The number of aliphatic hydroxyl groups excluding tert-OH is 1. The van der Waals surface area contributed by atoms with Crippen LogP contribution in [0.3, 0.4) is 0 Å². The van der Waals surface area contributed by atoms with Crippen molar-refractivity contribution in [1.29, 1.82) is 0 Å². The molecule has 0 spiro atoms. The number of hydrogen-bond acceptors (Lipinski definition) is 6. The first-order valence-corrected chi connectivity index (χ1v) is 8.16. The first-order valence-electron chi connectivity index (χ1n) is 7.78. The van der Waals surface area contributed by atoms with Crippen molar-refractivity contribution in [3.8, 4) is 0 Å². The molecule has 0 radical (unpaired) electrons. The van der Waals surface area contributed by atoms with Crippen molar-refractivity contribution in [2.75, 3.05) is 42.6 Å². The quantitative estimate of drug-likeness (QED) is 0.917. The van der Waals surface area contributed by atoms with Gasteiger partial charge in [0.1, 0.15) is 0 Å². The molecule has 1 aromatic heterocycles. The lowest BCUT2D eigenvalue weighted by molar-refractivity contribution is 0.202. The molecule has 2 aliphatic heterocycles. The van der Waals surface area contributed by atoms with Gasteiger partial charge in [0, 0.05) is 32.8 Å². The monoisotopic (exact) mass is 311 g/mol. The molecule has 1 aromatic rings. The molecule has 6 nitrogen and oxygen atoms in total. The molecule has 0 bridgehead atoms. The van der Waals surface area contributed by atoms with Gasteiger partial charge >= 0.3 is 0 Å². The largest absolute Gasteiger partial charge is 0.396 e. The molecular weight excluding hydrogens is 290 g/mol. The van der Waals surface area contributed by atoms with Gasteiger partial charge in [-0.1, -0.05) is 0 Å². The molecule has 0 aliphatic carbocycles. The van der Waals surface area contributed by atoms with Crippen molar-refractivity contribution in [2.24, 2.45) is 5.92 Å². The van der Waals surface area contributed by atoms with Gasteiger partial charge in [0.2, 0.25) is 17.2 Å². The smallest absolute Gasteiger partial charge is 0.231 e. The molecule has 0 aromatic carbocycles. The maximum atomic E-state index is 9.22. The van der Waals surface area contributed by atoms with Crippen LogP contribution in [0.1, 0.15) is 32.1 Å². The summed E-state index contributed by atoms with van der Waals surface area (Å²) in [6, 6.07) is 0. The first-order chi connectivity index (χ1) is 10.3. The van der Waals surface area contributed by atoms with Gasteiger partial charge in [0.05, 0.1) is 0 Å². The molecule has 0 unspecified atom stereocenters.